The van der Waals surface area contributed by atoms with E-state index in [1.54, 1.807) is 11.9 Å². The Morgan fingerprint density at radius 1 is 1.43 bits per heavy atom. The zero-order chi connectivity index (χ0) is 16.6. The maximum absolute atomic E-state index is 12.8. The minimum absolute atomic E-state index is 0.0353. The molecule has 1 aliphatic heterocycles. The number of aromatic nitrogens is 1. The third-order valence-corrected chi connectivity index (χ3v) is 4.99. The van der Waals surface area contributed by atoms with Crippen molar-refractivity contribution in [1.29, 1.82) is 0 Å². The fraction of sp³-hybridized carbons (Fsp3) is 0.706. The molecule has 6 heteroatoms. The van der Waals surface area contributed by atoms with Gasteiger partial charge < -0.3 is 14.2 Å². The Morgan fingerprint density at radius 3 is 2.74 bits per heavy atom. The summed E-state index contributed by atoms with van der Waals surface area (Å²) >= 11 is 0. The monoisotopic (exact) mass is 320 g/mol. The number of rotatable bonds is 4. The number of amides is 1. The summed E-state index contributed by atoms with van der Waals surface area (Å²) in [5.74, 6) is 0.431. The molecule has 23 heavy (non-hydrogen) atoms. The lowest BCUT2D eigenvalue weighted by atomic mass is 9.84. The Balaban J connectivity index is 1.70. The Kier molecular flexibility index (Phi) is 4.17. The van der Waals surface area contributed by atoms with Gasteiger partial charge in [-0.15, -0.1) is 0 Å². The highest BCUT2D eigenvalue weighted by Gasteiger charge is 2.54. The summed E-state index contributed by atoms with van der Waals surface area (Å²) in [5.41, 5.74) is 0.172. The molecule has 1 aliphatic carbocycles. The normalized spacial score (nSPS) is 22.8. The lowest BCUT2D eigenvalue weighted by Gasteiger charge is -2.30. The molecule has 2 heterocycles. The molecule has 1 spiro atoms. The molecule has 6 nitrogen and oxygen atoms in total. The van der Waals surface area contributed by atoms with Crippen molar-refractivity contribution in [2.45, 2.75) is 64.0 Å². The molecule has 3 rings (SSSR count). The SMILES string of the molecule is CC(C)c1cc(CN(C)C(=O)[C@H]2CC(=O)OC23CCCC3)no1. The zero-order valence-electron chi connectivity index (χ0n) is 14.0. The summed E-state index contributed by atoms with van der Waals surface area (Å²) < 4.78 is 10.8. The first-order chi connectivity index (χ1) is 10.9. The molecule has 0 unspecified atom stereocenters. The van der Waals surface area contributed by atoms with Crippen molar-refractivity contribution in [3.05, 3.63) is 17.5 Å². The van der Waals surface area contributed by atoms with Gasteiger partial charge in [0.15, 0.2) is 0 Å². The average molecular weight is 320 g/mol. The van der Waals surface area contributed by atoms with Gasteiger partial charge in [-0.3, -0.25) is 9.59 Å². The van der Waals surface area contributed by atoms with E-state index in [2.05, 4.69) is 5.16 Å². The van der Waals surface area contributed by atoms with Crippen molar-refractivity contribution in [2.24, 2.45) is 5.92 Å². The van der Waals surface area contributed by atoms with Gasteiger partial charge in [0.05, 0.1) is 18.9 Å². The fourth-order valence-corrected chi connectivity index (χ4v) is 3.69. The molecule has 1 aromatic heterocycles. The van der Waals surface area contributed by atoms with Gasteiger partial charge in [0, 0.05) is 19.0 Å². The van der Waals surface area contributed by atoms with E-state index in [9.17, 15) is 9.59 Å². The summed E-state index contributed by atoms with van der Waals surface area (Å²) in [6, 6.07) is 1.89. The van der Waals surface area contributed by atoms with E-state index in [0.29, 0.717) is 6.54 Å². The molecule has 1 atom stereocenters. The van der Waals surface area contributed by atoms with E-state index in [1.807, 2.05) is 19.9 Å². The fourth-order valence-electron chi connectivity index (χ4n) is 3.69. The number of nitrogens with zero attached hydrogens (tertiary/aromatic N) is 2. The lowest BCUT2D eigenvalue weighted by Crippen LogP contribution is -2.43. The van der Waals surface area contributed by atoms with Crippen molar-refractivity contribution in [3.8, 4) is 0 Å². The van der Waals surface area contributed by atoms with Crippen LogP contribution in [0.2, 0.25) is 0 Å². The number of carbonyl (C=O) groups excluding carboxylic acids is 2. The van der Waals surface area contributed by atoms with Gasteiger partial charge in [-0.05, 0) is 25.7 Å². The molecule has 0 radical (unpaired) electrons. The van der Waals surface area contributed by atoms with Gasteiger partial charge in [-0.25, -0.2) is 0 Å². The van der Waals surface area contributed by atoms with Crippen LogP contribution in [-0.4, -0.2) is 34.6 Å². The van der Waals surface area contributed by atoms with Crippen LogP contribution in [0.15, 0.2) is 10.6 Å². The maximum Gasteiger partial charge on any atom is 0.307 e. The van der Waals surface area contributed by atoms with Gasteiger partial charge >= 0.3 is 5.97 Å². The maximum atomic E-state index is 12.8. The van der Waals surface area contributed by atoms with Crippen LogP contribution in [0.1, 0.15) is 63.3 Å². The van der Waals surface area contributed by atoms with Crippen LogP contribution in [0.25, 0.3) is 0 Å². The van der Waals surface area contributed by atoms with Crippen molar-refractivity contribution in [2.75, 3.05) is 7.05 Å². The molecule has 1 saturated carbocycles. The molecule has 0 bridgehead atoms. The van der Waals surface area contributed by atoms with E-state index in [-0.39, 0.29) is 30.1 Å². The van der Waals surface area contributed by atoms with Crippen LogP contribution in [-0.2, 0) is 20.9 Å². The van der Waals surface area contributed by atoms with Crippen LogP contribution < -0.4 is 0 Å². The van der Waals surface area contributed by atoms with Crippen LogP contribution in [0, 0.1) is 5.92 Å². The molecule has 2 fully saturated rings. The van der Waals surface area contributed by atoms with Crippen molar-refractivity contribution < 1.29 is 18.8 Å². The van der Waals surface area contributed by atoms with Crippen LogP contribution in [0.5, 0.6) is 0 Å². The Labute approximate surface area is 136 Å². The first-order valence-electron chi connectivity index (χ1n) is 8.33. The quantitative estimate of drug-likeness (QED) is 0.797. The Bertz CT molecular complexity index is 601. The molecular weight excluding hydrogens is 296 g/mol. The highest BCUT2D eigenvalue weighted by atomic mass is 16.6. The summed E-state index contributed by atoms with van der Waals surface area (Å²) in [6.07, 6.45) is 3.82. The summed E-state index contributed by atoms with van der Waals surface area (Å²) in [4.78, 5) is 26.2. The second kappa shape index (κ2) is 5.98. The van der Waals surface area contributed by atoms with E-state index >= 15 is 0 Å². The van der Waals surface area contributed by atoms with Gasteiger partial charge in [0.2, 0.25) is 5.91 Å². The number of ether oxygens (including phenoxy) is 1. The molecule has 0 aromatic carbocycles. The second-order valence-electron chi connectivity index (χ2n) is 7.07. The first-order valence-corrected chi connectivity index (χ1v) is 8.33. The molecular formula is C17H24N2O4. The smallest absolute Gasteiger partial charge is 0.307 e. The first kappa shape index (κ1) is 16.0. The zero-order valence-corrected chi connectivity index (χ0v) is 14.0. The largest absolute Gasteiger partial charge is 0.458 e. The predicted octanol–water partition coefficient (Wildman–Crippen LogP) is 2.63. The Morgan fingerprint density at radius 2 is 2.13 bits per heavy atom. The third kappa shape index (κ3) is 2.99. The molecule has 126 valence electrons. The molecule has 1 aromatic rings. The average Bonchev–Trinajstić information content (AvgIpc) is 3.20. The Hall–Kier alpha value is -1.85. The van der Waals surface area contributed by atoms with Gasteiger partial charge in [0.1, 0.15) is 17.1 Å². The third-order valence-electron chi connectivity index (χ3n) is 4.99. The predicted molar refractivity (Wildman–Crippen MR) is 82.5 cm³/mol. The minimum atomic E-state index is -0.560. The number of esters is 1. The number of hydrogen-bond acceptors (Lipinski definition) is 5. The molecule has 1 amide bonds. The van der Waals surface area contributed by atoms with Gasteiger partial charge in [-0.1, -0.05) is 19.0 Å². The van der Waals surface area contributed by atoms with Crippen molar-refractivity contribution in [3.63, 3.8) is 0 Å². The van der Waals surface area contributed by atoms with E-state index in [4.69, 9.17) is 9.26 Å². The minimum Gasteiger partial charge on any atom is -0.458 e. The topological polar surface area (TPSA) is 72.6 Å². The highest BCUT2D eigenvalue weighted by molar-refractivity contribution is 5.87. The summed E-state index contributed by atoms with van der Waals surface area (Å²) in [6.45, 7) is 4.45. The van der Waals surface area contributed by atoms with Gasteiger partial charge in [-0.2, -0.15) is 0 Å². The summed E-state index contributed by atoms with van der Waals surface area (Å²) in [7, 11) is 1.75. The van der Waals surface area contributed by atoms with Crippen LogP contribution in [0.3, 0.4) is 0 Å². The van der Waals surface area contributed by atoms with Crippen molar-refractivity contribution in [1.82, 2.24) is 10.1 Å². The van der Waals surface area contributed by atoms with Crippen LogP contribution in [0.4, 0.5) is 0 Å². The standard InChI is InChI=1S/C17H24N2O4/c1-11(2)14-8-12(18-23-14)10-19(3)16(21)13-9-15(20)22-17(13)6-4-5-7-17/h8,11,13H,4-7,9-10H2,1-3H3/t13-/m1/s1. The molecule has 2 aliphatic rings. The van der Waals surface area contributed by atoms with Gasteiger partial charge in [0.25, 0.3) is 0 Å². The molecule has 1 saturated heterocycles. The highest BCUT2D eigenvalue weighted by Crippen LogP contribution is 2.46. The van der Waals surface area contributed by atoms with E-state index in [0.717, 1.165) is 37.1 Å². The summed E-state index contributed by atoms with van der Waals surface area (Å²) in [5, 5.41) is 4.02. The second-order valence-corrected chi connectivity index (χ2v) is 7.07. The van der Waals surface area contributed by atoms with Crippen molar-refractivity contribution >= 4 is 11.9 Å². The number of carbonyl (C=O) groups is 2. The number of hydrogen-bond donors (Lipinski definition) is 0. The van der Waals surface area contributed by atoms with E-state index < -0.39 is 5.60 Å². The van der Waals surface area contributed by atoms with Crippen LogP contribution >= 0.6 is 0 Å². The molecule has 0 N–H and O–H groups in total. The van der Waals surface area contributed by atoms with E-state index in [1.165, 1.54) is 0 Å². The lowest BCUT2D eigenvalue weighted by molar-refractivity contribution is -0.151.